The average molecular weight is 1060 g/mol. The lowest BCUT2D eigenvalue weighted by Crippen LogP contribution is -2.37. The third-order valence-corrected chi connectivity index (χ3v) is 14.8. The Bertz CT molecular complexity index is 1390. The van der Waals surface area contributed by atoms with Crippen LogP contribution in [0.5, 0.6) is 0 Å². The van der Waals surface area contributed by atoms with Crippen molar-refractivity contribution >= 4 is 19.8 Å². The van der Waals surface area contributed by atoms with Gasteiger partial charge >= 0.3 is 11.9 Å². The molecule has 0 amide bonds. The molecule has 0 aromatic heterocycles. The number of unbranched alkanes of at least 4 members (excludes halogenated alkanes) is 36. The highest BCUT2D eigenvalue weighted by Crippen LogP contribution is 2.38. The molecular weight excluding hydrogens is 942 g/mol. The number of ether oxygens (including phenoxy) is 2. The van der Waals surface area contributed by atoms with Crippen molar-refractivity contribution in [2.45, 2.75) is 302 Å². The highest BCUT2D eigenvalue weighted by molar-refractivity contribution is 7.45. The summed E-state index contributed by atoms with van der Waals surface area (Å²) in [6, 6.07) is 0. The van der Waals surface area contributed by atoms with E-state index in [1.807, 2.05) is 21.1 Å². The van der Waals surface area contributed by atoms with Gasteiger partial charge in [-0.05, 0) is 51.4 Å². The van der Waals surface area contributed by atoms with Crippen molar-refractivity contribution in [1.29, 1.82) is 0 Å². The molecule has 0 aromatic carbocycles. The quantitative estimate of drug-likeness (QED) is 0.0195. The van der Waals surface area contributed by atoms with Crippen LogP contribution in [-0.2, 0) is 32.7 Å². The third kappa shape index (κ3) is 59.2. The van der Waals surface area contributed by atoms with E-state index in [0.717, 1.165) is 70.6 Å². The minimum absolute atomic E-state index is 0.0311. The number of phosphoric ester groups is 1. The van der Waals surface area contributed by atoms with Crippen LogP contribution in [0.1, 0.15) is 296 Å². The molecule has 0 radical (unpaired) electrons. The van der Waals surface area contributed by atoms with Gasteiger partial charge in [0.1, 0.15) is 19.8 Å². The van der Waals surface area contributed by atoms with Crippen LogP contribution in [0, 0.1) is 0 Å². The van der Waals surface area contributed by atoms with Crippen molar-refractivity contribution in [3.8, 4) is 0 Å². The average Bonchev–Trinajstić information content (AvgIpc) is 3.36. The maximum absolute atomic E-state index is 12.8. The number of rotatable bonds is 58. The number of phosphoric acid groups is 1. The Hall–Kier alpha value is -2.03. The van der Waals surface area contributed by atoms with Gasteiger partial charge in [0.15, 0.2) is 6.10 Å². The molecule has 0 saturated carbocycles. The van der Waals surface area contributed by atoms with Crippen molar-refractivity contribution in [3.05, 3.63) is 48.6 Å². The predicted molar refractivity (Wildman–Crippen MR) is 314 cm³/mol. The van der Waals surface area contributed by atoms with Crippen LogP contribution >= 0.6 is 7.82 Å². The molecule has 0 aliphatic rings. The summed E-state index contributed by atoms with van der Waals surface area (Å²) >= 11 is 0. The molecule has 0 saturated heterocycles. The SMILES string of the molecule is CC/C=C\C/C=C\C/C=C\C/C=C\CCCCCCCCCCCCC(=O)OC(COC(=O)CCCCCCCCCCCCCCCCCCCCCCCCCCCCC)COP(=O)([O-])OCC[N+](C)(C)C. The lowest BCUT2D eigenvalue weighted by Gasteiger charge is -2.28. The molecule has 0 aromatic rings. The van der Waals surface area contributed by atoms with Crippen LogP contribution in [0.25, 0.3) is 0 Å². The zero-order valence-electron chi connectivity index (χ0n) is 49.3. The first-order valence-electron chi connectivity index (χ1n) is 31.3. The van der Waals surface area contributed by atoms with E-state index < -0.39 is 26.5 Å². The second-order valence-electron chi connectivity index (χ2n) is 22.4. The van der Waals surface area contributed by atoms with Gasteiger partial charge in [-0.15, -0.1) is 0 Å². The van der Waals surface area contributed by atoms with E-state index in [-0.39, 0.29) is 32.0 Å². The molecule has 9 nitrogen and oxygen atoms in total. The molecule has 74 heavy (non-hydrogen) atoms. The van der Waals surface area contributed by atoms with E-state index in [1.165, 1.54) is 193 Å². The first kappa shape index (κ1) is 72.0. The zero-order chi connectivity index (χ0) is 54.2. The minimum atomic E-state index is -4.64. The number of quaternary nitrogens is 1. The summed E-state index contributed by atoms with van der Waals surface area (Å²) in [6.07, 6.45) is 70.3. The van der Waals surface area contributed by atoms with Crippen molar-refractivity contribution < 1.29 is 42.1 Å². The molecule has 10 heteroatoms. The Morgan fingerprint density at radius 1 is 0.432 bits per heavy atom. The molecule has 0 rings (SSSR count). The Labute approximate surface area is 458 Å². The first-order chi connectivity index (χ1) is 36.0. The van der Waals surface area contributed by atoms with Crippen LogP contribution in [0.3, 0.4) is 0 Å². The van der Waals surface area contributed by atoms with E-state index >= 15 is 0 Å². The lowest BCUT2D eigenvalue weighted by atomic mass is 10.0. The molecule has 2 atom stereocenters. The van der Waals surface area contributed by atoms with Gasteiger partial charge in [-0.2, -0.15) is 0 Å². The number of carbonyl (C=O) groups is 2. The summed E-state index contributed by atoms with van der Waals surface area (Å²) in [5, 5.41) is 0. The van der Waals surface area contributed by atoms with Gasteiger partial charge < -0.3 is 27.9 Å². The van der Waals surface area contributed by atoms with Gasteiger partial charge in [0.25, 0.3) is 7.82 Å². The van der Waals surface area contributed by atoms with Crippen molar-refractivity contribution in [1.82, 2.24) is 0 Å². The summed E-state index contributed by atoms with van der Waals surface area (Å²) in [6.45, 7) is 4.17. The maximum Gasteiger partial charge on any atom is 0.306 e. The second-order valence-corrected chi connectivity index (χ2v) is 23.8. The van der Waals surface area contributed by atoms with E-state index in [0.29, 0.717) is 17.4 Å². The molecule has 0 aliphatic heterocycles. The van der Waals surface area contributed by atoms with Crippen LogP contribution in [0.2, 0.25) is 0 Å². The van der Waals surface area contributed by atoms with E-state index in [1.54, 1.807) is 0 Å². The topological polar surface area (TPSA) is 111 Å². The number of hydrogen-bond donors (Lipinski definition) is 0. The molecule has 2 unspecified atom stereocenters. The normalized spacial score (nSPS) is 13.5. The van der Waals surface area contributed by atoms with Gasteiger partial charge in [-0.1, -0.05) is 281 Å². The van der Waals surface area contributed by atoms with Gasteiger partial charge in [0.2, 0.25) is 0 Å². The molecule has 0 heterocycles. The minimum Gasteiger partial charge on any atom is -0.756 e. The Morgan fingerprint density at radius 3 is 1.15 bits per heavy atom. The Morgan fingerprint density at radius 2 is 0.770 bits per heavy atom. The molecular formula is C64H120NO8P. The maximum atomic E-state index is 12.8. The fourth-order valence-electron chi connectivity index (χ4n) is 9.06. The highest BCUT2D eigenvalue weighted by atomic mass is 31.2. The monoisotopic (exact) mass is 1060 g/mol. The van der Waals surface area contributed by atoms with Crippen LogP contribution in [0.15, 0.2) is 48.6 Å². The Balaban J connectivity index is 4.08. The van der Waals surface area contributed by atoms with Crippen molar-refractivity contribution in [3.63, 3.8) is 0 Å². The predicted octanol–water partition coefficient (Wildman–Crippen LogP) is 19.1. The molecule has 0 N–H and O–H groups in total. The van der Waals surface area contributed by atoms with Gasteiger partial charge in [-0.3, -0.25) is 14.2 Å². The van der Waals surface area contributed by atoms with Crippen molar-refractivity contribution in [2.24, 2.45) is 0 Å². The first-order valence-corrected chi connectivity index (χ1v) is 32.8. The highest BCUT2D eigenvalue weighted by Gasteiger charge is 2.22. The van der Waals surface area contributed by atoms with Gasteiger partial charge in [0.05, 0.1) is 27.7 Å². The second kappa shape index (κ2) is 55.7. The smallest absolute Gasteiger partial charge is 0.306 e. The molecule has 0 aliphatic carbocycles. The van der Waals surface area contributed by atoms with Crippen molar-refractivity contribution in [2.75, 3.05) is 47.5 Å². The molecule has 0 fully saturated rings. The third-order valence-electron chi connectivity index (χ3n) is 13.9. The Kier molecular flexibility index (Phi) is 54.2. The van der Waals surface area contributed by atoms with E-state index in [2.05, 4.69) is 62.5 Å². The summed E-state index contributed by atoms with van der Waals surface area (Å²) in [5.41, 5.74) is 0. The number of carbonyl (C=O) groups excluding carboxylic acids is 2. The summed E-state index contributed by atoms with van der Waals surface area (Å²) in [5.74, 6) is -0.825. The zero-order valence-corrected chi connectivity index (χ0v) is 50.2. The number of likely N-dealkylation sites (N-methyl/N-ethyl adjacent to an activating group) is 1. The largest absolute Gasteiger partial charge is 0.756 e. The molecule has 0 spiro atoms. The van der Waals surface area contributed by atoms with Crippen LogP contribution in [-0.4, -0.2) is 70.0 Å². The van der Waals surface area contributed by atoms with Gasteiger partial charge in [-0.25, -0.2) is 0 Å². The van der Waals surface area contributed by atoms with Crippen LogP contribution in [0.4, 0.5) is 0 Å². The van der Waals surface area contributed by atoms with Crippen LogP contribution < -0.4 is 4.89 Å². The molecule has 0 bridgehead atoms. The fraction of sp³-hybridized carbons (Fsp3) is 0.844. The lowest BCUT2D eigenvalue weighted by molar-refractivity contribution is -0.870. The number of hydrogen-bond acceptors (Lipinski definition) is 8. The molecule has 434 valence electrons. The summed E-state index contributed by atoms with van der Waals surface area (Å²) in [7, 11) is 1.17. The van der Waals surface area contributed by atoms with Gasteiger partial charge in [0, 0.05) is 12.8 Å². The summed E-state index contributed by atoms with van der Waals surface area (Å²) in [4.78, 5) is 37.9. The van der Waals surface area contributed by atoms with E-state index in [4.69, 9.17) is 18.5 Å². The standard InChI is InChI=1S/C64H120NO8P/c1-6-8-10-12-14-16-18-20-22-24-26-28-30-31-32-33-35-36-38-40-42-44-46-48-50-52-54-56-63(66)70-60-62(61-72-74(68,69)71-59-58-65(3,4)5)73-64(67)57-55-53-51-49-47-45-43-41-39-37-34-29-27-25-23-21-19-17-15-13-11-9-7-2/h9,11,15,17,21,23,27,29,62H,6-8,10,12-14,16,18-20,22,24-26,28,30-61H2,1-5H3/b11-9-,17-15-,23-21-,29-27-. The number of esters is 2. The number of nitrogens with zero attached hydrogens (tertiary/aromatic N) is 1. The summed E-state index contributed by atoms with van der Waals surface area (Å²) < 4.78 is 34.2. The number of allylic oxidation sites excluding steroid dienone is 8. The fourth-order valence-corrected chi connectivity index (χ4v) is 9.79. The van der Waals surface area contributed by atoms with E-state index in [9.17, 15) is 19.0 Å².